The number of ether oxygens (including phenoxy) is 1. The van der Waals surface area contributed by atoms with Crippen molar-refractivity contribution in [3.8, 4) is 0 Å². The molecule has 0 radical (unpaired) electrons. The lowest BCUT2D eigenvalue weighted by molar-refractivity contribution is -0.0746. The quantitative estimate of drug-likeness (QED) is 0.544. The molecule has 3 heteroatoms. The number of hydrogen-bond donors (Lipinski definition) is 2. The summed E-state index contributed by atoms with van der Waals surface area (Å²) in [7, 11) is 0. The maximum atomic E-state index is 9.89. The molecule has 0 aliphatic carbocycles. The summed E-state index contributed by atoms with van der Waals surface area (Å²) < 4.78 is 5.31. The molecule has 3 nitrogen and oxygen atoms in total. The van der Waals surface area contributed by atoms with Crippen molar-refractivity contribution in [1.29, 1.82) is 0 Å². The molecule has 0 amide bonds. The van der Waals surface area contributed by atoms with Crippen molar-refractivity contribution in [2.45, 2.75) is 25.4 Å². The highest BCUT2D eigenvalue weighted by molar-refractivity contribution is 4.93. The van der Waals surface area contributed by atoms with Gasteiger partial charge in [0.05, 0.1) is 6.10 Å². The van der Waals surface area contributed by atoms with Crippen LogP contribution in [0.15, 0.2) is 0 Å². The zero-order valence-electron chi connectivity index (χ0n) is 7.38. The average molecular weight is 171 g/mol. The van der Waals surface area contributed by atoms with Crippen LogP contribution in [-0.4, -0.2) is 37.5 Å². The summed E-state index contributed by atoms with van der Waals surface area (Å²) in [5.74, 6) is 0. The molecule has 2 rings (SSSR count). The van der Waals surface area contributed by atoms with E-state index in [0.717, 1.165) is 45.6 Å². The first-order chi connectivity index (χ1) is 5.83. The van der Waals surface area contributed by atoms with Crippen molar-refractivity contribution in [2.75, 3.05) is 26.3 Å². The zero-order valence-corrected chi connectivity index (χ0v) is 7.38. The van der Waals surface area contributed by atoms with Gasteiger partial charge in [-0.25, -0.2) is 0 Å². The monoisotopic (exact) mass is 171 g/mol. The van der Waals surface area contributed by atoms with E-state index in [0.29, 0.717) is 0 Å². The van der Waals surface area contributed by atoms with Crippen molar-refractivity contribution in [1.82, 2.24) is 5.32 Å². The van der Waals surface area contributed by atoms with Crippen LogP contribution in [0.5, 0.6) is 0 Å². The molecular formula is C9H17NO2. The van der Waals surface area contributed by atoms with Gasteiger partial charge in [-0.05, 0) is 25.8 Å². The molecular weight excluding hydrogens is 154 g/mol. The van der Waals surface area contributed by atoms with E-state index in [-0.39, 0.29) is 11.5 Å². The van der Waals surface area contributed by atoms with Crippen molar-refractivity contribution in [3.05, 3.63) is 0 Å². The SMILES string of the molecule is OC1CCNCC12CCOCC2. The van der Waals surface area contributed by atoms with E-state index in [1.807, 2.05) is 0 Å². The van der Waals surface area contributed by atoms with Gasteiger partial charge < -0.3 is 15.2 Å². The molecule has 0 aromatic heterocycles. The third kappa shape index (κ3) is 1.37. The lowest BCUT2D eigenvalue weighted by Crippen LogP contribution is -2.52. The molecule has 2 N–H and O–H groups in total. The summed E-state index contributed by atoms with van der Waals surface area (Å²) in [4.78, 5) is 0. The number of aliphatic hydroxyl groups excluding tert-OH is 1. The van der Waals surface area contributed by atoms with Gasteiger partial charge in [-0.2, -0.15) is 0 Å². The predicted octanol–water partition coefficient (Wildman–Crippen LogP) is 0.137. The van der Waals surface area contributed by atoms with Gasteiger partial charge >= 0.3 is 0 Å². The minimum absolute atomic E-state index is 0.109. The third-order valence-corrected chi connectivity index (χ3v) is 3.27. The smallest absolute Gasteiger partial charge is 0.0622 e. The molecule has 1 unspecified atom stereocenters. The van der Waals surface area contributed by atoms with Crippen LogP contribution in [0.1, 0.15) is 19.3 Å². The highest BCUT2D eigenvalue weighted by Gasteiger charge is 2.40. The normalized spacial score (nSPS) is 35.2. The molecule has 1 spiro atoms. The number of piperidine rings is 1. The van der Waals surface area contributed by atoms with E-state index < -0.39 is 0 Å². The summed E-state index contributed by atoms with van der Waals surface area (Å²) in [6.45, 7) is 3.57. The van der Waals surface area contributed by atoms with Gasteiger partial charge in [0.2, 0.25) is 0 Å². The topological polar surface area (TPSA) is 41.5 Å². The van der Waals surface area contributed by atoms with E-state index in [9.17, 15) is 5.11 Å². The van der Waals surface area contributed by atoms with E-state index in [1.165, 1.54) is 0 Å². The van der Waals surface area contributed by atoms with Crippen LogP contribution in [0.2, 0.25) is 0 Å². The molecule has 2 aliphatic heterocycles. The first-order valence-corrected chi connectivity index (χ1v) is 4.80. The van der Waals surface area contributed by atoms with Crippen LogP contribution in [0, 0.1) is 5.41 Å². The lowest BCUT2D eigenvalue weighted by atomic mass is 9.72. The second-order valence-electron chi connectivity index (χ2n) is 3.96. The highest BCUT2D eigenvalue weighted by Crippen LogP contribution is 2.36. The molecule has 0 bridgehead atoms. The van der Waals surface area contributed by atoms with Gasteiger partial charge in [-0.15, -0.1) is 0 Å². The molecule has 2 saturated heterocycles. The van der Waals surface area contributed by atoms with Gasteiger partial charge in [0.25, 0.3) is 0 Å². The summed E-state index contributed by atoms with van der Waals surface area (Å²) in [5.41, 5.74) is 0.135. The number of rotatable bonds is 0. The number of hydrogen-bond acceptors (Lipinski definition) is 3. The van der Waals surface area contributed by atoms with Gasteiger partial charge in [0.15, 0.2) is 0 Å². The molecule has 12 heavy (non-hydrogen) atoms. The summed E-state index contributed by atoms with van der Waals surface area (Å²) in [5, 5.41) is 13.2. The average Bonchev–Trinajstić information content (AvgIpc) is 2.12. The third-order valence-electron chi connectivity index (χ3n) is 3.27. The van der Waals surface area contributed by atoms with Crippen LogP contribution in [0.3, 0.4) is 0 Å². The molecule has 0 saturated carbocycles. The summed E-state index contributed by atoms with van der Waals surface area (Å²) in [6, 6.07) is 0. The Bertz CT molecular complexity index is 146. The molecule has 1 atom stereocenters. The maximum Gasteiger partial charge on any atom is 0.0622 e. The van der Waals surface area contributed by atoms with E-state index >= 15 is 0 Å². The fraction of sp³-hybridized carbons (Fsp3) is 1.00. The Morgan fingerprint density at radius 2 is 2.08 bits per heavy atom. The van der Waals surface area contributed by atoms with E-state index in [2.05, 4.69) is 5.32 Å². The van der Waals surface area contributed by atoms with Crippen LogP contribution in [0.4, 0.5) is 0 Å². The van der Waals surface area contributed by atoms with Crippen LogP contribution in [-0.2, 0) is 4.74 Å². The number of nitrogens with one attached hydrogen (secondary N) is 1. The van der Waals surface area contributed by atoms with Gasteiger partial charge in [0, 0.05) is 25.2 Å². The minimum Gasteiger partial charge on any atom is -0.392 e. The second-order valence-corrected chi connectivity index (χ2v) is 3.96. The molecule has 70 valence electrons. The predicted molar refractivity (Wildman–Crippen MR) is 46.0 cm³/mol. The summed E-state index contributed by atoms with van der Waals surface area (Å²) >= 11 is 0. The van der Waals surface area contributed by atoms with Crippen molar-refractivity contribution in [3.63, 3.8) is 0 Å². The fourth-order valence-electron chi connectivity index (χ4n) is 2.29. The van der Waals surface area contributed by atoms with Crippen molar-refractivity contribution < 1.29 is 9.84 Å². The van der Waals surface area contributed by atoms with Crippen molar-refractivity contribution in [2.24, 2.45) is 5.41 Å². The molecule has 0 aromatic rings. The Hall–Kier alpha value is -0.120. The lowest BCUT2D eigenvalue weighted by Gasteiger charge is -2.44. The van der Waals surface area contributed by atoms with Crippen molar-refractivity contribution >= 4 is 0 Å². The van der Waals surface area contributed by atoms with Gasteiger partial charge in [0.1, 0.15) is 0 Å². The largest absolute Gasteiger partial charge is 0.392 e. The van der Waals surface area contributed by atoms with Crippen LogP contribution in [0.25, 0.3) is 0 Å². The van der Waals surface area contributed by atoms with Crippen LogP contribution < -0.4 is 5.32 Å². The Labute approximate surface area is 73.1 Å². The second kappa shape index (κ2) is 3.32. The molecule has 2 fully saturated rings. The highest BCUT2D eigenvalue weighted by atomic mass is 16.5. The first-order valence-electron chi connectivity index (χ1n) is 4.80. The molecule has 0 aromatic carbocycles. The Morgan fingerprint density at radius 1 is 1.33 bits per heavy atom. The maximum absolute atomic E-state index is 9.89. The standard InChI is InChI=1S/C9H17NO2/c11-8-1-4-10-7-9(8)2-5-12-6-3-9/h8,10-11H,1-7H2. The Kier molecular flexibility index (Phi) is 2.35. The zero-order chi connectivity index (χ0) is 8.44. The Morgan fingerprint density at radius 3 is 2.75 bits per heavy atom. The first kappa shape index (κ1) is 8.48. The minimum atomic E-state index is -0.109. The van der Waals surface area contributed by atoms with E-state index in [1.54, 1.807) is 0 Å². The van der Waals surface area contributed by atoms with E-state index in [4.69, 9.17) is 4.74 Å². The number of aliphatic hydroxyl groups is 1. The van der Waals surface area contributed by atoms with Gasteiger partial charge in [-0.3, -0.25) is 0 Å². The fourth-order valence-corrected chi connectivity index (χ4v) is 2.29. The molecule has 2 heterocycles. The molecule has 2 aliphatic rings. The Balaban J connectivity index is 2.04. The summed E-state index contributed by atoms with van der Waals surface area (Å²) in [6.07, 6.45) is 2.82. The van der Waals surface area contributed by atoms with Crippen LogP contribution >= 0.6 is 0 Å². The van der Waals surface area contributed by atoms with Gasteiger partial charge in [-0.1, -0.05) is 0 Å².